The third-order valence-corrected chi connectivity index (χ3v) is 8.18. The second kappa shape index (κ2) is 15.8. The van der Waals surface area contributed by atoms with E-state index in [9.17, 15) is 50.1 Å². The van der Waals surface area contributed by atoms with E-state index in [0.29, 0.717) is 11.1 Å². The standard InChI is InChI=1S/C39H32O15/c40-23-9-1-20(2-10-23)5-15-30(45)50-19-29-33(47)35(49)38(53-31(46)16-6-21-3-11-24(41)12-4-21)39(52-29)54-37-34(48)32-27(44)17-26(43)18-28(32)51-36(37)22-7-13-25(42)14-8-22/h1-18,29,33,35,38-44,47,49H,19H2/t29-,33+,35-,38+,39-/m0/s1. The van der Waals surface area contributed by atoms with E-state index in [-0.39, 0.29) is 34.2 Å². The minimum Gasteiger partial charge on any atom is -0.508 e. The van der Waals surface area contributed by atoms with Crippen molar-refractivity contribution >= 4 is 35.1 Å². The molecule has 0 bridgehead atoms. The molecular weight excluding hydrogens is 708 g/mol. The normalized spacial score (nSPS) is 19.9. The summed E-state index contributed by atoms with van der Waals surface area (Å²) in [5, 5.41) is 71.5. The van der Waals surface area contributed by atoms with Gasteiger partial charge in [-0.15, -0.1) is 0 Å². The number of aliphatic hydroxyl groups is 2. The molecule has 15 heteroatoms. The number of hydrogen-bond donors (Lipinski definition) is 7. The fraction of sp³-hybridized carbons (Fsp3) is 0.154. The molecule has 1 saturated heterocycles. The first-order chi connectivity index (χ1) is 25.9. The lowest BCUT2D eigenvalue weighted by atomic mass is 9.99. The van der Waals surface area contributed by atoms with Crippen molar-refractivity contribution < 1.29 is 68.7 Å². The second-order valence-corrected chi connectivity index (χ2v) is 12.0. The summed E-state index contributed by atoms with van der Waals surface area (Å²) < 4.78 is 28.6. The number of phenols is 5. The summed E-state index contributed by atoms with van der Waals surface area (Å²) in [5.41, 5.74) is -0.0115. The van der Waals surface area contributed by atoms with Crippen LogP contribution in [-0.2, 0) is 23.8 Å². The van der Waals surface area contributed by atoms with E-state index in [4.69, 9.17) is 23.4 Å². The molecule has 4 aromatic carbocycles. The van der Waals surface area contributed by atoms with E-state index in [2.05, 4.69) is 0 Å². The zero-order valence-corrected chi connectivity index (χ0v) is 27.9. The lowest BCUT2D eigenvalue weighted by Gasteiger charge is -2.41. The van der Waals surface area contributed by atoms with E-state index in [1.54, 1.807) is 12.1 Å². The Morgan fingerprint density at radius 2 is 1.26 bits per heavy atom. The van der Waals surface area contributed by atoms with Gasteiger partial charge in [0.25, 0.3) is 0 Å². The van der Waals surface area contributed by atoms with E-state index in [1.165, 1.54) is 72.8 Å². The Bertz CT molecular complexity index is 2260. The first kappa shape index (κ1) is 37.0. The smallest absolute Gasteiger partial charge is 0.331 e. The SMILES string of the molecule is O=C(C=Cc1ccc(O)cc1)OC[C@@H]1O[C@@H](Oc2c(-c3ccc(O)cc3)oc3cc(O)cc(O)c3c2=O)[C@H](OC(=O)C=Cc2ccc(O)cc2)[C@@H](O)[C@@H]1O. The maximum absolute atomic E-state index is 14.0. The summed E-state index contributed by atoms with van der Waals surface area (Å²) in [7, 11) is 0. The van der Waals surface area contributed by atoms with Gasteiger partial charge in [0.2, 0.25) is 17.5 Å². The molecule has 0 unspecified atom stereocenters. The van der Waals surface area contributed by atoms with E-state index >= 15 is 0 Å². The first-order valence-corrected chi connectivity index (χ1v) is 16.2. The number of ether oxygens (including phenoxy) is 4. The highest BCUT2D eigenvalue weighted by Crippen LogP contribution is 2.38. The maximum Gasteiger partial charge on any atom is 0.331 e. The van der Waals surface area contributed by atoms with Gasteiger partial charge in [0.1, 0.15) is 64.6 Å². The summed E-state index contributed by atoms with van der Waals surface area (Å²) in [5.74, 6) is -4.04. The molecule has 1 aliphatic rings. The quantitative estimate of drug-likeness (QED) is 0.0798. The van der Waals surface area contributed by atoms with Crippen LogP contribution >= 0.6 is 0 Å². The van der Waals surface area contributed by atoms with Crippen molar-refractivity contribution in [3.05, 3.63) is 118 Å². The Kier molecular flexibility index (Phi) is 10.8. The Labute approximate surface area is 305 Å². The highest BCUT2D eigenvalue weighted by atomic mass is 16.7. The van der Waals surface area contributed by atoms with Crippen molar-refractivity contribution in [2.75, 3.05) is 6.61 Å². The predicted octanol–water partition coefficient (Wildman–Crippen LogP) is 3.70. The zero-order valence-electron chi connectivity index (χ0n) is 27.9. The van der Waals surface area contributed by atoms with Gasteiger partial charge in [-0.05, 0) is 71.8 Å². The monoisotopic (exact) mass is 740 g/mol. The molecule has 6 rings (SSSR count). The van der Waals surface area contributed by atoms with Crippen LogP contribution < -0.4 is 10.2 Å². The van der Waals surface area contributed by atoms with Gasteiger partial charge in [-0.2, -0.15) is 0 Å². The van der Waals surface area contributed by atoms with E-state index < -0.39 is 77.3 Å². The predicted molar refractivity (Wildman–Crippen MR) is 189 cm³/mol. The van der Waals surface area contributed by atoms with Gasteiger partial charge in [0.05, 0.1) is 0 Å². The molecule has 0 aliphatic carbocycles. The van der Waals surface area contributed by atoms with Crippen molar-refractivity contribution in [3.8, 4) is 45.8 Å². The molecule has 5 aromatic rings. The summed E-state index contributed by atoms with van der Waals surface area (Å²) in [6.07, 6.45) is -4.24. The topological polar surface area (TPSA) is 243 Å². The summed E-state index contributed by atoms with van der Waals surface area (Å²) in [6.45, 7) is -0.657. The highest BCUT2D eigenvalue weighted by Gasteiger charge is 2.49. The van der Waals surface area contributed by atoms with Gasteiger partial charge in [-0.25, -0.2) is 9.59 Å². The lowest BCUT2D eigenvalue weighted by molar-refractivity contribution is -0.282. The van der Waals surface area contributed by atoms with Crippen molar-refractivity contribution in [2.45, 2.75) is 30.7 Å². The van der Waals surface area contributed by atoms with Crippen molar-refractivity contribution in [1.82, 2.24) is 0 Å². The molecule has 0 amide bonds. The van der Waals surface area contributed by atoms with Gasteiger partial charge < -0.3 is 59.1 Å². The molecule has 0 spiro atoms. The first-order valence-electron chi connectivity index (χ1n) is 16.2. The third-order valence-electron chi connectivity index (χ3n) is 8.18. The van der Waals surface area contributed by atoms with Crippen LogP contribution in [0.4, 0.5) is 0 Å². The number of rotatable bonds is 10. The van der Waals surface area contributed by atoms with Gasteiger partial charge in [-0.1, -0.05) is 24.3 Å². The van der Waals surface area contributed by atoms with E-state index in [0.717, 1.165) is 24.3 Å². The molecule has 0 radical (unpaired) electrons. The van der Waals surface area contributed by atoms with Crippen LogP contribution in [-0.4, -0.2) is 85.0 Å². The zero-order chi connectivity index (χ0) is 38.5. The Balaban J connectivity index is 1.33. The molecule has 5 atom stereocenters. The number of fused-ring (bicyclic) bond motifs is 1. The number of benzene rings is 4. The van der Waals surface area contributed by atoms with Gasteiger partial charge >= 0.3 is 11.9 Å². The fourth-order valence-electron chi connectivity index (χ4n) is 5.44. The van der Waals surface area contributed by atoms with Crippen LogP contribution in [0.5, 0.6) is 34.5 Å². The number of esters is 2. The molecule has 2 heterocycles. The number of aromatic hydroxyl groups is 5. The third kappa shape index (κ3) is 8.45. The Hall–Kier alpha value is -6.81. The van der Waals surface area contributed by atoms with Crippen LogP contribution in [0.1, 0.15) is 11.1 Å². The van der Waals surface area contributed by atoms with Gasteiger partial charge in [0, 0.05) is 29.8 Å². The summed E-state index contributed by atoms with van der Waals surface area (Å²) in [4.78, 5) is 39.6. The molecule has 1 fully saturated rings. The van der Waals surface area contributed by atoms with E-state index in [1.807, 2.05) is 0 Å². The van der Waals surface area contributed by atoms with Crippen molar-refractivity contribution in [3.63, 3.8) is 0 Å². The molecule has 0 saturated carbocycles. The molecular formula is C39H32O15. The molecule has 1 aromatic heterocycles. The van der Waals surface area contributed by atoms with Crippen molar-refractivity contribution in [2.24, 2.45) is 0 Å². The number of carbonyl (C=O) groups is 2. The lowest BCUT2D eigenvalue weighted by Crippen LogP contribution is -2.61. The van der Waals surface area contributed by atoms with Crippen LogP contribution in [0.15, 0.2) is 106 Å². The molecule has 278 valence electrons. The number of phenolic OH excluding ortho intramolecular Hbond substituents is 5. The minimum atomic E-state index is -1.96. The van der Waals surface area contributed by atoms with Crippen molar-refractivity contribution in [1.29, 1.82) is 0 Å². The average Bonchev–Trinajstić information content (AvgIpc) is 3.14. The maximum atomic E-state index is 14.0. The Morgan fingerprint density at radius 1 is 0.704 bits per heavy atom. The molecule has 15 nitrogen and oxygen atoms in total. The number of carbonyl (C=O) groups excluding carboxylic acids is 2. The molecule has 1 aliphatic heterocycles. The van der Waals surface area contributed by atoms with Crippen LogP contribution in [0.25, 0.3) is 34.4 Å². The van der Waals surface area contributed by atoms with Gasteiger partial charge in [0.15, 0.2) is 11.9 Å². The molecule has 7 N–H and O–H groups in total. The van der Waals surface area contributed by atoms with Crippen LogP contribution in [0.2, 0.25) is 0 Å². The largest absolute Gasteiger partial charge is 0.508 e. The number of hydrogen-bond acceptors (Lipinski definition) is 15. The Morgan fingerprint density at radius 3 is 1.85 bits per heavy atom. The fourth-order valence-corrected chi connectivity index (χ4v) is 5.44. The number of aliphatic hydroxyl groups excluding tert-OH is 2. The van der Waals surface area contributed by atoms with Crippen LogP contribution in [0.3, 0.4) is 0 Å². The highest BCUT2D eigenvalue weighted by molar-refractivity contribution is 5.89. The van der Waals surface area contributed by atoms with Gasteiger partial charge in [-0.3, -0.25) is 4.79 Å². The van der Waals surface area contributed by atoms with Crippen LogP contribution in [0, 0.1) is 0 Å². The second-order valence-electron chi connectivity index (χ2n) is 12.0. The molecule has 54 heavy (non-hydrogen) atoms. The minimum absolute atomic E-state index is 0.00487. The average molecular weight is 741 g/mol. The summed E-state index contributed by atoms with van der Waals surface area (Å²) in [6, 6.07) is 19.0. The summed E-state index contributed by atoms with van der Waals surface area (Å²) >= 11 is 0.